The number of carbonyl (C=O) groups excluding carboxylic acids is 2. The topological polar surface area (TPSA) is 95.9 Å². The number of ether oxygens (including phenoxy) is 1. The Morgan fingerprint density at radius 3 is 1.20 bits per heavy atom. The minimum absolute atomic E-state index is 0.0215. The van der Waals surface area contributed by atoms with Crippen LogP contribution in [0.4, 0.5) is 0 Å². The quantitative estimate of drug-likeness (QED) is 0.0245. The van der Waals surface area contributed by atoms with Crippen molar-refractivity contribution in [1.82, 2.24) is 5.32 Å². The van der Waals surface area contributed by atoms with Crippen LogP contribution >= 0.6 is 0 Å². The van der Waals surface area contributed by atoms with Gasteiger partial charge in [-0.3, -0.25) is 9.59 Å². The molecular weight excluding hydrogens is 791 g/mol. The molecule has 64 heavy (non-hydrogen) atoms. The highest BCUT2D eigenvalue weighted by atomic mass is 16.5. The van der Waals surface area contributed by atoms with Gasteiger partial charge in [0.15, 0.2) is 0 Å². The maximum absolute atomic E-state index is 12.4. The van der Waals surface area contributed by atoms with Gasteiger partial charge in [0.1, 0.15) is 0 Å². The first-order valence-corrected chi connectivity index (χ1v) is 28.3. The molecule has 0 aromatic rings. The number of aliphatic hydroxyl groups excluding tert-OH is 2. The van der Waals surface area contributed by atoms with Crippen molar-refractivity contribution in [3.63, 3.8) is 0 Å². The van der Waals surface area contributed by atoms with Gasteiger partial charge in [0.25, 0.3) is 0 Å². The number of allylic oxidation sites excluding steroid dienone is 6. The van der Waals surface area contributed by atoms with Gasteiger partial charge in [-0.2, -0.15) is 0 Å². The summed E-state index contributed by atoms with van der Waals surface area (Å²) < 4.78 is 5.45. The molecule has 0 aromatic heterocycles. The molecule has 376 valence electrons. The zero-order chi connectivity index (χ0) is 46.5. The first-order chi connectivity index (χ1) is 31.5. The average molecular weight is 901 g/mol. The summed E-state index contributed by atoms with van der Waals surface area (Å²) in [5.74, 6) is -0.0668. The summed E-state index contributed by atoms with van der Waals surface area (Å²) in [7, 11) is 0. The van der Waals surface area contributed by atoms with Gasteiger partial charge in [0.05, 0.1) is 25.4 Å². The molecule has 2 atom stereocenters. The van der Waals surface area contributed by atoms with Gasteiger partial charge in [0.2, 0.25) is 5.91 Å². The Balaban J connectivity index is 3.48. The molecule has 0 aliphatic heterocycles. The van der Waals surface area contributed by atoms with Gasteiger partial charge in [-0.25, -0.2) is 0 Å². The monoisotopic (exact) mass is 900 g/mol. The van der Waals surface area contributed by atoms with Crippen molar-refractivity contribution >= 4 is 11.9 Å². The number of rotatable bonds is 52. The molecule has 0 saturated heterocycles. The Morgan fingerprint density at radius 2 is 0.781 bits per heavy atom. The van der Waals surface area contributed by atoms with E-state index in [1.54, 1.807) is 0 Å². The Labute approximate surface area is 398 Å². The van der Waals surface area contributed by atoms with Crippen LogP contribution in [-0.4, -0.2) is 47.4 Å². The van der Waals surface area contributed by atoms with Crippen LogP contribution in [0.5, 0.6) is 0 Å². The van der Waals surface area contributed by atoms with E-state index in [4.69, 9.17) is 4.74 Å². The van der Waals surface area contributed by atoms with Crippen LogP contribution in [0.1, 0.15) is 296 Å². The molecule has 6 nitrogen and oxygen atoms in total. The van der Waals surface area contributed by atoms with E-state index in [1.807, 2.05) is 0 Å². The number of esters is 1. The summed E-state index contributed by atoms with van der Waals surface area (Å²) in [6.07, 6.45) is 65.6. The molecule has 0 saturated carbocycles. The second-order valence-electron chi connectivity index (χ2n) is 19.3. The first-order valence-electron chi connectivity index (χ1n) is 28.3. The maximum Gasteiger partial charge on any atom is 0.305 e. The molecule has 6 heteroatoms. The van der Waals surface area contributed by atoms with Crippen molar-refractivity contribution in [2.75, 3.05) is 13.2 Å². The zero-order valence-corrected chi connectivity index (χ0v) is 42.8. The van der Waals surface area contributed by atoms with Gasteiger partial charge in [0, 0.05) is 12.8 Å². The van der Waals surface area contributed by atoms with Crippen molar-refractivity contribution in [3.8, 4) is 0 Å². The van der Waals surface area contributed by atoms with Gasteiger partial charge in [-0.1, -0.05) is 237 Å². The third-order valence-electron chi connectivity index (χ3n) is 12.9. The van der Waals surface area contributed by atoms with E-state index in [0.29, 0.717) is 25.9 Å². The second-order valence-corrected chi connectivity index (χ2v) is 19.3. The zero-order valence-electron chi connectivity index (χ0n) is 42.8. The summed E-state index contributed by atoms with van der Waals surface area (Å²) in [5, 5.41) is 23.2. The van der Waals surface area contributed by atoms with Gasteiger partial charge >= 0.3 is 5.97 Å². The third kappa shape index (κ3) is 49.5. The lowest BCUT2D eigenvalue weighted by Gasteiger charge is -2.22. The number of hydrogen-bond acceptors (Lipinski definition) is 5. The van der Waals surface area contributed by atoms with Gasteiger partial charge in [-0.15, -0.1) is 0 Å². The Morgan fingerprint density at radius 1 is 0.438 bits per heavy atom. The van der Waals surface area contributed by atoms with Gasteiger partial charge < -0.3 is 20.3 Å². The summed E-state index contributed by atoms with van der Waals surface area (Å²) >= 11 is 0. The van der Waals surface area contributed by atoms with E-state index in [2.05, 4.69) is 55.6 Å². The normalized spacial score (nSPS) is 12.9. The number of aliphatic hydroxyl groups is 2. The molecule has 0 spiro atoms. The number of carbonyl (C=O) groups is 2. The van der Waals surface area contributed by atoms with Crippen LogP contribution in [-0.2, 0) is 14.3 Å². The number of hydrogen-bond donors (Lipinski definition) is 3. The molecule has 0 radical (unpaired) electrons. The molecular formula is C58H109NO5. The predicted octanol–water partition coefficient (Wildman–Crippen LogP) is 17.2. The van der Waals surface area contributed by atoms with Crippen LogP contribution in [0.15, 0.2) is 36.5 Å². The van der Waals surface area contributed by atoms with Crippen LogP contribution in [0.3, 0.4) is 0 Å². The molecule has 3 N–H and O–H groups in total. The van der Waals surface area contributed by atoms with E-state index in [0.717, 1.165) is 70.6 Å². The third-order valence-corrected chi connectivity index (χ3v) is 12.9. The standard InChI is InChI=1S/C58H109NO5/c1-3-5-7-9-11-13-15-17-23-28-32-36-40-44-48-52-58(63)64-53-49-45-41-37-33-29-25-22-20-18-19-21-24-27-31-35-39-43-47-51-57(62)59-55(54-60)56(61)50-46-42-38-34-30-26-16-14-12-10-8-6-4-2/h17,22-23,25,29,33,55-56,60-61H,3-16,18-21,24,26-28,30-32,34-54H2,1-2H3,(H,59,62)/b23-17-,25-22-,33-29-. The van der Waals surface area contributed by atoms with Crippen molar-refractivity contribution in [2.45, 2.75) is 309 Å². The number of amides is 1. The molecule has 0 heterocycles. The SMILES string of the molecule is CCCCCCCC/C=C\CCCCCCCC(=O)OCCCCC/C=C\C=C/CCCCCCCCCCCCC(=O)NC(CO)C(O)CCCCCCCCCCCCCCC. The molecule has 0 aromatic carbocycles. The molecule has 0 fully saturated rings. The number of unbranched alkanes of at least 4 members (excludes halogenated alkanes) is 36. The summed E-state index contributed by atoms with van der Waals surface area (Å²) in [6, 6.07) is -0.549. The van der Waals surface area contributed by atoms with Crippen molar-refractivity contribution in [3.05, 3.63) is 36.5 Å². The lowest BCUT2D eigenvalue weighted by atomic mass is 10.0. The van der Waals surface area contributed by atoms with E-state index in [9.17, 15) is 19.8 Å². The van der Waals surface area contributed by atoms with Crippen LogP contribution < -0.4 is 5.32 Å². The van der Waals surface area contributed by atoms with E-state index >= 15 is 0 Å². The van der Waals surface area contributed by atoms with Crippen LogP contribution in [0, 0.1) is 0 Å². The Bertz CT molecular complexity index is 1040. The average Bonchev–Trinajstić information content (AvgIpc) is 3.29. The Kier molecular flexibility index (Phi) is 52.1. The fourth-order valence-electron chi connectivity index (χ4n) is 8.57. The highest BCUT2D eigenvalue weighted by Crippen LogP contribution is 2.16. The van der Waals surface area contributed by atoms with Crippen LogP contribution in [0.25, 0.3) is 0 Å². The van der Waals surface area contributed by atoms with Crippen molar-refractivity contribution in [2.24, 2.45) is 0 Å². The van der Waals surface area contributed by atoms with E-state index in [1.165, 1.54) is 193 Å². The minimum atomic E-state index is -0.671. The predicted molar refractivity (Wildman–Crippen MR) is 278 cm³/mol. The minimum Gasteiger partial charge on any atom is -0.466 e. The molecule has 2 unspecified atom stereocenters. The summed E-state index contributed by atoms with van der Waals surface area (Å²) in [5.41, 5.74) is 0. The van der Waals surface area contributed by atoms with E-state index < -0.39 is 12.1 Å². The summed E-state index contributed by atoms with van der Waals surface area (Å²) in [6.45, 7) is 4.90. The lowest BCUT2D eigenvalue weighted by molar-refractivity contribution is -0.143. The molecule has 0 aliphatic rings. The first kappa shape index (κ1) is 62.1. The fraction of sp³-hybridized carbons (Fsp3) is 0.862. The fourth-order valence-corrected chi connectivity index (χ4v) is 8.57. The molecule has 0 rings (SSSR count). The molecule has 0 bridgehead atoms. The van der Waals surface area contributed by atoms with Crippen molar-refractivity contribution in [1.29, 1.82) is 0 Å². The smallest absolute Gasteiger partial charge is 0.305 e. The van der Waals surface area contributed by atoms with E-state index in [-0.39, 0.29) is 18.5 Å². The molecule has 0 aliphatic carbocycles. The second kappa shape index (κ2) is 53.7. The lowest BCUT2D eigenvalue weighted by Crippen LogP contribution is -2.45. The maximum atomic E-state index is 12.4. The Hall–Kier alpha value is -1.92. The van der Waals surface area contributed by atoms with Crippen molar-refractivity contribution < 1.29 is 24.5 Å². The van der Waals surface area contributed by atoms with Gasteiger partial charge in [-0.05, 0) is 83.5 Å². The highest BCUT2D eigenvalue weighted by Gasteiger charge is 2.20. The number of nitrogens with one attached hydrogen (secondary N) is 1. The summed E-state index contributed by atoms with van der Waals surface area (Å²) in [4.78, 5) is 24.5. The van der Waals surface area contributed by atoms with Crippen LogP contribution in [0.2, 0.25) is 0 Å². The largest absolute Gasteiger partial charge is 0.466 e. The molecule has 1 amide bonds. The highest BCUT2D eigenvalue weighted by molar-refractivity contribution is 5.76.